The summed E-state index contributed by atoms with van der Waals surface area (Å²) in [4.78, 5) is 26.3. The van der Waals surface area contributed by atoms with E-state index in [1.165, 1.54) is 24.3 Å². The summed E-state index contributed by atoms with van der Waals surface area (Å²) in [6.07, 6.45) is 0. The number of anilines is 1. The van der Waals surface area contributed by atoms with Crippen molar-refractivity contribution < 1.29 is 28.0 Å². The highest BCUT2D eigenvalue weighted by atomic mass is 31.2. The highest BCUT2D eigenvalue weighted by Gasteiger charge is 2.39. The van der Waals surface area contributed by atoms with Crippen LogP contribution in [0, 0.1) is 10.1 Å². The molecule has 1 aliphatic rings. The van der Waals surface area contributed by atoms with E-state index in [1.54, 1.807) is 32.0 Å². The Bertz CT molecular complexity index is 1280. The lowest BCUT2D eigenvalue weighted by Crippen LogP contribution is -2.23. The van der Waals surface area contributed by atoms with Crippen LogP contribution in [0.15, 0.2) is 47.3 Å². The van der Waals surface area contributed by atoms with Crippen LogP contribution in [0.4, 0.5) is 11.4 Å². The van der Waals surface area contributed by atoms with E-state index in [9.17, 15) is 19.5 Å². The summed E-state index contributed by atoms with van der Waals surface area (Å²) in [5, 5.41) is 14.6. The summed E-state index contributed by atoms with van der Waals surface area (Å²) < 4.78 is 35.6. The predicted octanol–water partition coefficient (Wildman–Crippen LogP) is 4.54. The number of hydrogen-bond donors (Lipinski definition) is 2. The number of fused-ring (bicyclic) bond motifs is 2. The molecule has 1 aliphatic heterocycles. The van der Waals surface area contributed by atoms with Crippen LogP contribution in [0.5, 0.6) is 11.5 Å². The zero-order valence-corrected chi connectivity index (χ0v) is 18.8. The molecule has 2 N–H and O–H groups in total. The molecular weight excluding hydrogens is 453 g/mol. The average Bonchev–Trinajstić information content (AvgIpc) is 3.23. The molecule has 0 radical (unpaired) electrons. The fourth-order valence-electron chi connectivity index (χ4n) is 3.53. The van der Waals surface area contributed by atoms with Crippen LogP contribution in [0.2, 0.25) is 0 Å². The van der Waals surface area contributed by atoms with Crippen LogP contribution >= 0.6 is 7.60 Å². The molecule has 1 atom stereocenters. The summed E-state index contributed by atoms with van der Waals surface area (Å²) in [5.74, 6) is -0.142. The van der Waals surface area contributed by atoms with Crippen molar-refractivity contribution in [2.75, 3.05) is 25.3 Å². The first-order valence-electron chi connectivity index (χ1n) is 10.2. The number of nitrogens with one attached hydrogen (secondary N) is 2. The number of benzene rings is 2. The number of nitro groups is 1. The summed E-state index contributed by atoms with van der Waals surface area (Å²) in [7, 11) is -3.89. The molecule has 0 saturated heterocycles. The molecule has 33 heavy (non-hydrogen) atoms. The van der Waals surface area contributed by atoms with E-state index in [0.717, 1.165) is 0 Å². The quantitative estimate of drug-likeness (QED) is 0.259. The fourth-order valence-corrected chi connectivity index (χ4v) is 5.46. The summed E-state index contributed by atoms with van der Waals surface area (Å²) in [5.41, 5.74) is 0.431. The fraction of sp³-hybridized carbons (Fsp3) is 0.286. The third-order valence-corrected chi connectivity index (χ3v) is 7.25. The number of non-ortho nitro benzene ring substituents is 1. The van der Waals surface area contributed by atoms with E-state index in [2.05, 4.69) is 10.3 Å². The normalized spacial score (nSPS) is 13.8. The topological polar surface area (TPSA) is 142 Å². The Morgan fingerprint density at radius 1 is 1.12 bits per heavy atom. The number of rotatable bonds is 9. The Morgan fingerprint density at radius 3 is 2.36 bits per heavy atom. The van der Waals surface area contributed by atoms with Crippen molar-refractivity contribution >= 4 is 29.9 Å². The van der Waals surface area contributed by atoms with Crippen molar-refractivity contribution in [1.29, 1.82) is 0 Å². The second-order valence-corrected chi connectivity index (χ2v) is 9.19. The molecule has 0 aliphatic carbocycles. The van der Waals surface area contributed by atoms with E-state index in [1.807, 2.05) is 0 Å². The molecule has 2 heterocycles. The van der Waals surface area contributed by atoms with Gasteiger partial charge in [-0.25, -0.2) is 0 Å². The van der Waals surface area contributed by atoms with Gasteiger partial charge in [0.15, 0.2) is 17.3 Å². The van der Waals surface area contributed by atoms with Gasteiger partial charge in [-0.3, -0.25) is 19.5 Å². The van der Waals surface area contributed by atoms with E-state index in [-0.39, 0.29) is 31.3 Å². The SMILES string of the molecule is CCOP(=O)(OCC)C(Nc1ccc([N+](=O)[O-])cc1)c1cc2cc3c(cc2[nH]c1=O)OCO3. The van der Waals surface area contributed by atoms with Gasteiger partial charge in [-0.05, 0) is 38.1 Å². The van der Waals surface area contributed by atoms with Crippen molar-refractivity contribution in [3.05, 3.63) is 68.5 Å². The van der Waals surface area contributed by atoms with Gasteiger partial charge in [-0.1, -0.05) is 0 Å². The Labute approximate surface area is 188 Å². The van der Waals surface area contributed by atoms with Crippen LogP contribution < -0.4 is 20.3 Å². The Morgan fingerprint density at radius 2 is 1.76 bits per heavy atom. The van der Waals surface area contributed by atoms with Crippen molar-refractivity contribution in [3.63, 3.8) is 0 Å². The van der Waals surface area contributed by atoms with Gasteiger partial charge in [0.05, 0.1) is 29.2 Å². The maximum atomic E-state index is 13.8. The number of aromatic nitrogens is 1. The van der Waals surface area contributed by atoms with E-state index in [0.29, 0.717) is 28.1 Å². The zero-order valence-electron chi connectivity index (χ0n) is 17.9. The van der Waals surface area contributed by atoms with Gasteiger partial charge in [0.2, 0.25) is 6.79 Å². The van der Waals surface area contributed by atoms with Gasteiger partial charge in [0, 0.05) is 29.3 Å². The Balaban J connectivity index is 1.82. The van der Waals surface area contributed by atoms with Crippen LogP contribution in [0.1, 0.15) is 25.2 Å². The summed E-state index contributed by atoms with van der Waals surface area (Å²) >= 11 is 0. The maximum absolute atomic E-state index is 13.8. The van der Waals surface area contributed by atoms with Gasteiger partial charge >= 0.3 is 7.60 Å². The minimum atomic E-state index is -3.89. The van der Waals surface area contributed by atoms with E-state index < -0.39 is 23.9 Å². The molecule has 4 rings (SSSR count). The molecule has 0 fully saturated rings. The molecule has 1 aromatic heterocycles. The molecule has 0 spiro atoms. The third kappa shape index (κ3) is 4.56. The molecule has 11 nitrogen and oxygen atoms in total. The first kappa shape index (κ1) is 22.8. The van der Waals surface area contributed by atoms with Crippen molar-refractivity contribution in [2.24, 2.45) is 0 Å². The first-order chi connectivity index (χ1) is 15.8. The summed E-state index contributed by atoms with van der Waals surface area (Å²) in [6.45, 7) is 3.58. The minimum Gasteiger partial charge on any atom is -0.454 e. The first-order valence-corrected chi connectivity index (χ1v) is 11.8. The second kappa shape index (κ2) is 9.22. The van der Waals surface area contributed by atoms with Gasteiger partial charge in [0.1, 0.15) is 0 Å². The monoisotopic (exact) mass is 475 g/mol. The Kier molecular flexibility index (Phi) is 6.37. The lowest BCUT2D eigenvalue weighted by molar-refractivity contribution is -0.384. The van der Waals surface area contributed by atoms with E-state index in [4.69, 9.17) is 18.5 Å². The zero-order chi connectivity index (χ0) is 23.6. The maximum Gasteiger partial charge on any atom is 0.357 e. The van der Waals surface area contributed by atoms with Crippen molar-refractivity contribution in [1.82, 2.24) is 4.98 Å². The highest BCUT2D eigenvalue weighted by Crippen LogP contribution is 2.60. The average molecular weight is 475 g/mol. The predicted molar refractivity (Wildman–Crippen MR) is 121 cm³/mol. The van der Waals surface area contributed by atoms with Crippen molar-refractivity contribution in [2.45, 2.75) is 19.6 Å². The minimum absolute atomic E-state index is 0.0803. The molecule has 0 amide bonds. The van der Waals surface area contributed by atoms with Gasteiger partial charge < -0.3 is 28.8 Å². The molecule has 174 valence electrons. The van der Waals surface area contributed by atoms with Crippen LogP contribution in [0.3, 0.4) is 0 Å². The molecule has 1 unspecified atom stereocenters. The van der Waals surface area contributed by atoms with E-state index >= 15 is 0 Å². The number of nitrogens with zero attached hydrogens (tertiary/aromatic N) is 1. The molecule has 0 saturated carbocycles. The standard InChI is InChI=1S/C21H22N3O8P/c1-3-31-33(28,32-4-2)21(22-14-5-7-15(8-6-14)24(26)27)16-9-13-10-18-19(30-12-29-18)11-17(13)23-20(16)25/h5-11,21-22H,3-4,12H2,1-2H3,(H,23,25). The summed E-state index contributed by atoms with van der Waals surface area (Å²) in [6, 6.07) is 10.5. The number of aromatic amines is 1. The van der Waals surface area contributed by atoms with Crippen LogP contribution in [0.25, 0.3) is 10.9 Å². The van der Waals surface area contributed by atoms with Gasteiger partial charge in [-0.2, -0.15) is 0 Å². The lowest BCUT2D eigenvalue weighted by Gasteiger charge is -2.27. The Hall–Kier alpha value is -3.40. The van der Waals surface area contributed by atoms with Gasteiger partial charge in [0.25, 0.3) is 11.2 Å². The number of hydrogen-bond acceptors (Lipinski definition) is 9. The van der Waals surface area contributed by atoms with Crippen molar-refractivity contribution in [3.8, 4) is 11.5 Å². The number of ether oxygens (including phenoxy) is 2. The largest absolute Gasteiger partial charge is 0.454 e. The molecule has 2 aromatic carbocycles. The van der Waals surface area contributed by atoms with Gasteiger partial charge in [-0.15, -0.1) is 0 Å². The number of pyridine rings is 1. The number of nitro benzene ring substituents is 1. The molecule has 0 bridgehead atoms. The van der Waals surface area contributed by atoms with Crippen LogP contribution in [-0.2, 0) is 13.6 Å². The smallest absolute Gasteiger partial charge is 0.357 e. The lowest BCUT2D eigenvalue weighted by atomic mass is 10.1. The second-order valence-electron chi connectivity index (χ2n) is 7.07. The highest BCUT2D eigenvalue weighted by molar-refractivity contribution is 7.54. The molecule has 3 aromatic rings. The third-order valence-electron chi connectivity index (χ3n) is 4.98. The molecular formula is C21H22N3O8P. The van der Waals surface area contributed by atoms with Crippen LogP contribution in [-0.4, -0.2) is 29.9 Å². The molecule has 12 heteroatoms. The number of H-pyrrole nitrogens is 1.